The molecule has 0 saturated heterocycles. The number of aromatic nitrogens is 2. The Labute approximate surface area is 110 Å². The van der Waals surface area contributed by atoms with E-state index in [0.29, 0.717) is 6.04 Å². The van der Waals surface area contributed by atoms with Gasteiger partial charge in [0.05, 0.1) is 0 Å². The van der Waals surface area contributed by atoms with Crippen molar-refractivity contribution in [2.75, 3.05) is 17.7 Å². The minimum atomic E-state index is 0.595. The summed E-state index contributed by atoms with van der Waals surface area (Å²) >= 11 is 0. The van der Waals surface area contributed by atoms with Crippen molar-refractivity contribution in [1.82, 2.24) is 9.97 Å². The second kappa shape index (κ2) is 6.03. The van der Waals surface area contributed by atoms with Gasteiger partial charge in [-0.15, -0.1) is 0 Å². The van der Waals surface area contributed by atoms with E-state index in [-0.39, 0.29) is 0 Å². The lowest BCUT2D eigenvalue weighted by Crippen LogP contribution is -2.18. The maximum atomic E-state index is 4.67. The predicted molar refractivity (Wildman–Crippen MR) is 76.2 cm³/mol. The monoisotopic (exact) mass is 248 g/mol. The first kappa shape index (κ1) is 13.1. The molecule has 4 nitrogen and oxygen atoms in total. The first-order valence-corrected chi connectivity index (χ1v) is 7.06. The molecular weight excluding hydrogens is 224 g/mol. The maximum Gasteiger partial charge on any atom is 0.134 e. The van der Waals surface area contributed by atoms with Crippen molar-refractivity contribution in [2.45, 2.75) is 58.4 Å². The Morgan fingerprint density at radius 2 is 1.83 bits per heavy atom. The zero-order chi connectivity index (χ0) is 13.0. The fraction of sp³-hybridized carbons (Fsp3) is 0.714. The molecule has 1 heterocycles. The van der Waals surface area contributed by atoms with Crippen LogP contribution in [0.25, 0.3) is 0 Å². The summed E-state index contributed by atoms with van der Waals surface area (Å²) in [4.78, 5) is 9.23. The van der Waals surface area contributed by atoms with Crippen molar-refractivity contribution in [3.05, 3.63) is 11.4 Å². The van der Waals surface area contributed by atoms with Gasteiger partial charge in [-0.25, -0.2) is 9.97 Å². The van der Waals surface area contributed by atoms with Crippen molar-refractivity contribution in [3.8, 4) is 0 Å². The summed E-state index contributed by atoms with van der Waals surface area (Å²) in [6, 6.07) is 0.595. The molecule has 0 bridgehead atoms. The van der Waals surface area contributed by atoms with Gasteiger partial charge in [0.2, 0.25) is 0 Å². The molecule has 1 saturated carbocycles. The zero-order valence-corrected chi connectivity index (χ0v) is 11.7. The van der Waals surface area contributed by atoms with Crippen molar-refractivity contribution >= 4 is 11.6 Å². The summed E-state index contributed by atoms with van der Waals surface area (Å²) in [6.45, 7) is 4.24. The quantitative estimate of drug-likeness (QED) is 0.840. The number of nitrogens with zero attached hydrogens (tertiary/aromatic N) is 2. The molecule has 0 aliphatic heterocycles. The summed E-state index contributed by atoms with van der Waals surface area (Å²) in [7, 11) is 1.92. The van der Waals surface area contributed by atoms with E-state index in [1.54, 1.807) is 0 Å². The maximum absolute atomic E-state index is 4.67. The highest BCUT2D eigenvalue weighted by Crippen LogP contribution is 2.25. The Hall–Kier alpha value is -1.32. The summed E-state index contributed by atoms with van der Waals surface area (Å²) < 4.78 is 0. The molecule has 0 aromatic carbocycles. The topological polar surface area (TPSA) is 49.8 Å². The van der Waals surface area contributed by atoms with Crippen molar-refractivity contribution in [2.24, 2.45) is 0 Å². The normalized spacial score (nSPS) is 15.9. The molecule has 0 amide bonds. The van der Waals surface area contributed by atoms with Crippen LogP contribution >= 0.6 is 0 Å². The van der Waals surface area contributed by atoms with E-state index in [1.165, 1.54) is 25.7 Å². The third-order valence-electron chi connectivity index (χ3n) is 3.60. The van der Waals surface area contributed by atoms with Crippen LogP contribution in [0, 0.1) is 6.92 Å². The van der Waals surface area contributed by atoms with Gasteiger partial charge in [0.25, 0.3) is 0 Å². The van der Waals surface area contributed by atoms with Crippen LogP contribution in [0.2, 0.25) is 0 Å². The fourth-order valence-corrected chi connectivity index (χ4v) is 2.55. The largest absolute Gasteiger partial charge is 0.373 e. The molecular formula is C14H24N4. The molecule has 2 N–H and O–H groups in total. The lowest BCUT2D eigenvalue weighted by atomic mass is 10.2. The van der Waals surface area contributed by atoms with Gasteiger partial charge >= 0.3 is 0 Å². The van der Waals surface area contributed by atoms with E-state index in [1.807, 2.05) is 7.05 Å². The SMILES string of the molecule is CCCc1nc(NC)c(C)c(NC2CCCC2)n1. The molecule has 4 heteroatoms. The zero-order valence-electron chi connectivity index (χ0n) is 11.7. The molecule has 0 spiro atoms. The van der Waals surface area contributed by atoms with Gasteiger partial charge in [-0.2, -0.15) is 0 Å². The molecule has 1 aliphatic rings. The minimum Gasteiger partial charge on any atom is -0.373 e. The van der Waals surface area contributed by atoms with E-state index in [9.17, 15) is 0 Å². The second-order valence-corrected chi connectivity index (χ2v) is 5.09. The Balaban J connectivity index is 2.22. The van der Waals surface area contributed by atoms with Crippen LogP contribution in [0.1, 0.15) is 50.4 Å². The van der Waals surface area contributed by atoms with Crippen molar-refractivity contribution in [1.29, 1.82) is 0 Å². The molecule has 1 aromatic rings. The summed E-state index contributed by atoms with van der Waals surface area (Å²) in [5.74, 6) is 2.91. The Bertz CT molecular complexity index is 397. The molecule has 100 valence electrons. The van der Waals surface area contributed by atoms with Gasteiger partial charge in [-0.05, 0) is 26.2 Å². The third-order valence-corrected chi connectivity index (χ3v) is 3.60. The molecule has 1 fully saturated rings. The highest BCUT2D eigenvalue weighted by Gasteiger charge is 2.17. The van der Waals surface area contributed by atoms with Crippen LogP contribution in [-0.4, -0.2) is 23.1 Å². The van der Waals surface area contributed by atoms with E-state index in [4.69, 9.17) is 0 Å². The molecule has 1 aromatic heterocycles. The van der Waals surface area contributed by atoms with Gasteiger partial charge in [0.1, 0.15) is 17.5 Å². The summed E-state index contributed by atoms with van der Waals surface area (Å²) in [5, 5.41) is 6.76. The predicted octanol–water partition coefficient (Wildman–Crippen LogP) is 3.13. The van der Waals surface area contributed by atoms with Crippen LogP contribution in [0.15, 0.2) is 0 Å². The lowest BCUT2D eigenvalue weighted by molar-refractivity contribution is 0.742. The molecule has 1 aliphatic carbocycles. The van der Waals surface area contributed by atoms with E-state index in [0.717, 1.165) is 35.9 Å². The molecule has 0 unspecified atom stereocenters. The minimum absolute atomic E-state index is 0.595. The molecule has 0 radical (unpaired) electrons. The van der Waals surface area contributed by atoms with Gasteiger partial charge in [-0.3, -0.25) is 0 Å². The van der Waals surface area contributed by atoms with Crippen LogP contribution in [-0.2, 0) is 6.42 Å². The van der Waals surface area contributed by atoms with E-state index in [2.05, 4.69) is 34.4 Å². The highest BCUT2D eigenvalue weighted by atomic mass is 15.1. The lowest BCUT2D eigenvalue weighted by Gasteiger charge is -2.17. The standard InChI is InChI=1S/C14H24N4/c1-4-7-12-17-13(15-3)10(2)14(18-12)16-11-8-5-6-9-11/h11H,4-9H2,1-3H3,(H2,15,16,17,18). The van der Waals surface area contributed by atoms with Gasteiger partial charge in [0, 0.05) is 25.1 Å². The number of nitrogens with one attached hydrogen (secondary N) is 2. The number of hydrogen-bond donors (Lipinski definition) is 2. The van der Waals surface area contributed by atoms with Crippen LogP contribution in [0.3, 0.4) is 0 Å². The third kappa shape index (κ3) is 2.92. The summed E-state index contributed by atoms with van der Waals surface area (Å²) in [5.41, 5.74) is 1.13. The molecule has 0 atom stereocenters. The number of hydrogen-bond acceptors (Lipinski definition) is 4. The Morgan fingerprint density at radius 1 is 1.17 bits per heavy atom. The van der Waals surface area contributed by atoms with E-state index < -0.39 is 0 Å². The van der Waals surface area contributed by atoms with Crippen LogP contribution < -0.4 is 10.6 Å². The van der Waals surface area contributed by atoms with Crippen molar-refractivity contribution in [3.63, 3.8) is 0 Å². The van der Waals surface area contributed by atoms with Gasteiger partial charge in [0.15, 0.2) is 0 Å². The smallest absolute Gasteiger partial charge is 0.134 e. The average Bonchev–Trinajstić information content (AvgIpc) is 2.86. The van der Waals surface area contributed by atoms with E-state index >= 15 is 0 Å². The fourth-order valence-electron chi connectivity index (χ4n) is 2.55. The number of rotatable bonds is 5. The Morgan fingerprint density at radius 3 is 2.44 bits per heavy atom. The number of anilines is 2. The first-order valence-electron chi connectivity index (χ1n) is 7.06. The number of aryl methyl sites for hydroxylation is 1. The highest BCUT2D eigenvalue weighted by molar-refractivity contribution is 5.57. The van der Waals surface area contributed by atoms with Crippen LogP contribution in [0.5, 0.6) is 0 Å². The molecule has 18 heavy (non-hydrogen) atoms. The van der Waals surface area contributed by atoms with Crippen LogP contribution in [0.4, 0.5) is 11.6 Å². The first-order chi connectivity index (χ1) is 8.74. The Kier molecular flexibility index (Phi) is 4.39. The second-order valence-electron chi connectivity index (χ2n) is 5.09. The van der Waals surface area contributed by atoms with Gasteiger partial charge in [-0.1, -0.05) is 19.8 Å². The van der Waals surface area contributed by atoms with Crippen molar-refractivity contribution < 1.29 is 0 Å². The molecule has 2 rings (SSSR count). The van der Waals surface area contributed by atoms with Gasteiger partial charge < -0.3 is 10.6 Å². The average molecular weight is 248 g/mol. The summed E-state index contributed by atoms with van der Waals surface area (Å²) in [6.07, 6.45) is 7.22.